The zero-order chi connectivity index (χ0) is 15.3. The van der Waals surface area contributed by atoms with Crippen LogP contribution in [-0.4, -0.2) is 40.2 Å². The quantitative estimate of drug-likeness (QED) is 0.414. The summed E-state index contributed by atoms with van der Waals surface area (Å²) in [5, 5.41) is 22.5. The molecule has 0 saturated heterocycles. The van der Waals surface area contributed by atoms with Crippen LogP contribution in [0.1, 0.15) is 28.4 Å². The van der Waals surface area contributed by atoms with Crippen molar-refractivity contribution in [1.82, 2.24) is 5.32 Å². The van der Waals surface area contributed by atoms with E-state index < -0.39 is 24.2 Å². The number of carbonyl (C=O) groups excluding carboxylic acids is 2. The minimum Gasteiger partial charge on any atom is -0.480 e. The van der Waals surface area contributed by atoms with E-state index in [4.69, 9.17) is 10.3 Å². The number of Topliss-reactive ketones (excluding diaryl/α,β-unsaturated/α-hetero) is 1. The highest BCUT2D eigenvalue weighted by Crippen LogP contribution is 2.13. The number of oxime groups is 1. The SMILES string of the molecule is CC(=O)/C(=N\O)c1ccc(C(=O)NCC(=O)O)cc1C. The number of benzene rings is 1. The maximum atomic E-state index is 11.7. The molecule has 0 fully saturated rings. The van der Waals surface area contributed by atoms with Gasteiger partial charge in [-0.3, -0.25) is 14.4 Å². The van der Waals surface area contributed by atoms with Gasteiger partial charge < -0.3 is 15.6 Å². The van der Waals surface area contributed by atoms with E-state index in [0.717, 1.165) is 0 Å². The lowest BCUT2D eigenvalue weighted by Gasteiger charge is -2.08. The fraction of sp³-hybridized carbons (Fsp3) is 0.231. The van der Waals surface area contributed by atoms with Crippen molar-refractivity contribution in [2.45, 2.75) is 13.8 Å². The predicted molar refractivity (Wildman–Crippen MR) is 70.2 cm³/mol. The molecule has 1 aromatic rings. The Balaban J connectivity index is 3.02. The summed E-state index contributed by atoms with van der Waals surface area (Å²) in [7, 11) is 0. The molecule has 0 bridgehead atoms. The van der Waals surface area contributed by atoms with Gasteiger partial charge >= 0.3 is 5.97 Å². The summed E-state index contributed by atoms with van der Waals surface area (Å²) in [6, 6.07) is 4.38. The smallest absolute Gasteiger partial charge is 0.322 e. The Labute approximate surface area is 114 Å². The van der Waals surface area contributed by atoms with Gasteiger partial charge in [0.15, 0.2) is 11.5 Å². The number of carbonyl (C=O) groups is 3. The van der Waals surface area contributed by atoms with E-state index in [1.807, 2.05) is 0 Å². The van der Waals surface area contributed by atoms with Crippen LogP contribution >= 0.6 is 0 Å². The van der Waals surface area contributed by atoms with Crippen LogP contribution < -0.4 is 5.32 Å². The first-order chi connectivity index (χ1) is 9.36. The van der Waals surface area contributed by atoms with Crippen molar-refractivity contribution >= 4 is 23.4 Å². The van der Waals surface area contributed by atoms with Crippen LogP contribution in [0.5, 0.6) is 0 Å². The zero-order valence-corrected chi connectivity index (χ0v) is 11.0. The topological polar surface area (TPSA) is 116 Å². The van der Waals surface area contributed by atoms with E-state index in [9.17, 15) is 14.4 Å². The number of hydrogen-bond donors (Lipinski definition) is 3. The third kappa shape index (κ3) is 3.64. The van der Waals surface area contributed by atoms with Crippen LogP contribution in [0.3, 0.4) is 0 Å². The van der Waals surface area contributed by atoms with Gasteiger partial charge in [-0.2, -0.15) is 0 Å². The first-order valence-corrected chi connectivity index (χ1v) is 5.70. The minimum absolute atomic E-state index is 0.0972. The molecule has 0 aliphatic carbocycles. The van der Waals surface area contributed by atoms with Crippen molar-refractivity contribution in [3.63, 3.8) is 0 Å². The van der Waals surface area contributed by atoms with E-state index in [-0.39, 0.29) is 11.3 Å². The Kier molecular flexibility index (Phi) is 4.96. The molecule has 7 nitrogen and oxygen atoms in total. The number of ketones is 1. The third-order valence-corrected chi connectivity index (χ3v) is 2.58. The summed E-state index contributed by atoms with van der Waals surface area (Å²) in [4.78, 5) is 33.3. The van der Waals surface area contributed by atoms with Gasteiger partial charge in [-0.15, -0.1) is 0 Å². The number of carboxylic acids is 1. The third-order valence-electron chi connectivity index (χ3n) is 2.58. The number of nitrogens with one attached hydrogen (secondary N) is 1. The Bertz CT molecular complexity index is 592. The van der Waals surface area contributed by atoms with E-state index in [0.29, 0.717) is 11.1 Å². The molecule has 1 aromatic carbocycles. The Morgan fingerprint density at radius 1 is 1.30 bits per heavy atom. The molecule has 0 heterocycles. The number of hydrogen-bond acceptors (Lipinski definition) is 5. The minimum atomic E-state index is -1.14. The Morgan fingerprint density at radius 2 is 1.95 bits per heavy atom. The van der Waals surface area contributed by atoms with E-state index >= 15 is 0 Å². The molecule has 0 atom stereocenters. The molecular weight excluding hydrogens is 264 g/mol. The highest BCUT2D eigenvalue weighted by molar-refractivity contribution is 6.45. The van der Waals surface area contributed by atoms with Crippen LogP contribution in [0.4, 0.5) is 0 Å². The molecule has 0 saturated carbocycles. The summed E-state index contributed by atoms with van der Waals surface area (Å²) in [5.41, 5.74) is 1.14. The fourth-order valence-electron chi connectivity index (χ4n) is 1.64. The number of rotatable bonds is 5. The van der Waals surface area contributed by atoms with Crippen LogP contribution in [0, 0.1) is 6.92 Å². The van der Waals surface area contributed by atoms with Crippen molar-refractivity contribution in [1.29, 1.82) is 0 Å². The summed E-state index contributed by atoms with van der Waals surface area (Å²) >= 11 is 0. The van der Waals surface area contributed by atoms with Gasteiger partial charge in [-0.1, -0.05) is 11.2 Å². The number of aliphatic carboxylic acids is 1. The van der Waals surface area contributed by atoms with Gasteiger partial charge in [0.05, 0.1) is 0 Å². The van der Waals surface area contributed by atoms with Crippen LogP contribution in [0.15, 0.2) is 23.4 Å². The highest BCUT2D eigenvalue weighted by atomic mass is 16.4. The molecule has 20 heavy (non-hydrogen) atoms. The van der Waals surface area contributed by atoms with Crippen molar-refractivity contribution in [3.05, 3.63) is 34.9 Å². The van der Waals surface area contributed by atoms with Gasteiger partial charge in [0, 0.05) is 18.1 Å². The lowest BCUT2D eigenvalue weighted by Crippen LogP contribution is -2.29. The second kappa shape index (κ2) is 6.46. The van der Waals surface area contributed by atoms with Crippen LogP contribution in [0.2, 0.25) is 0 Å². The molecule has 1 rings (SSSR count). The molecule has 7 heteroatoms. The lowest BCUT2D eigenvalue weighted by atomic mass is 9.99. The van der Waals surface area contributed by atoms with E-state index in [2.05, 4.69) is 10.5 Å². The first kappa shape index (κ1) is 15.4. The van der Waals surface area contributed by atoms with Gasteiger partial charge in [0.25, 0.3) is 5.91 Å². The molecule has 0 aliphatic rings. The number of carboxylic acid groups (broad SMARTS) is 1. The highest BCUT2D eigenvalue weighted by Gasteiger charge is 2.15. The predicted octanol–water partition coefficient (Wildman–Crippen LogP) is 0.577. The summed E-state index contributed by atoms with van der Waals surface area (Å²) < 4.78 is 0. The van der Waals surface area contributed by atoms with Crippen LogP contribution in [-0.2, 0) is 9.59 Å². The second-order valence-electron chi connectivity index (χ2n) is 4.11. The summed E-state index contributed by atoms with van der Waals surface area (Å²) in [6.07, 6.45) is 0. The summed E-state index contributed by atoms with van der Waals surface area (Å²) in [6.45, 7) is 2.44. The normalized spacial score (nSPS) is 11.0. The standard InChI is InChI=1S/C13H14N2O5/c1-7-5-9(13(19)14-6-11(17)18)3-4-10(7)12(15-20)8(2)16/h3-5,20H,6H2,1-2H3,(H,14,19)(H,17,18)/b15-12+. The first-order valence-electron chi connectivity index (χ1n) is 5.70. The number of aryl methyl sites for hydroxylation is 1. The van der Waals surface area contributed by atoms with Crippen molar-refractivity contribution < 1.29 is 24.7 Å². The molecule has 0 radical (unpaired) electrons. The maximum absolute atomic E-state index is 11.7. The number of nitrogens with zero attached hydrogens (tertiary/aromatic N) is 1. The molecule has 106 valence electrons. The van der Waals surface area contributed by atoms with E-state index in [1.54, 1.807) is 6.92 Å². The van der Waals surface area contributed by atoms with Crippen molar-refractivity contribution in [2.24, 2.45) is 5.16 Å². The average Bonchev–Trinajstić information content (AvgIpc) is 2.38. The monoisotopic (exact) mass is 278 g/mol. The van der Waals surface area contributed by atoms with Gasteiger partial charge in [-0.25, -0.2) is 0 Å². The van der Waals surface area contributed by atoms with Gasteiger partial charge in [-0.05, 0) is 24.6 Å². The Morgan fingerprint density at radius 3 is 2.40 bits per heavy atom. The number of amides is 1. The molecule has 0 unspecified atom stereocenters. The Hall–Kier alpha value is -2.70. The molecule has 0 aromatic heterocycles. The van der Waals surface area contributed by atoms with Gasteiger partial charge in [0.2, 0.25) is 0 Å². The molecule has 0 spiro atoms. The average molecular weight is 278 g/mol. The van der Waals surface area contributed by atoms with Crippen LogP contribution in [0.25, 0.3) is 0 Å². The zero-order valence-electron chi connectivity index (χ0n) is 11.0. The molecule has 3 N–H and O–H groups in total. The fourth-order valence-corrected chi connectivity index (χ4v) is 1.64. The van der Waals surface area contributed by atoms with E-state index in [1.165, 1.54) is 25.1 Å². The molecular formula is C13H14N2O5. The van der Waals surface area contributed by atoms with Crippen molar-refractivity contribution in [3.8, 4) is 0 Å². The molecule has 1 amide bonds. The van der Waals surface area contributed by atoms with Gasteiger partial charge in [0.1, 0.15) is 6.54 Å². The second-order valence-corrected chi connectivity index (χ2v) is 4.11. The maximum Gasteiger partial charge on any atom is 0.322 e. The lowest BCUT2D eigenvalue weighted by molar-refractivity contribution is -0.135. The van der Waals surface area contributed by atoms with Crippen molar-refractivity contribution in [2.75, 3.05) is 6.54 Å². The summed E-state index contributed by atoms with van der Waals surface area (Å²) in [5.74, 6) is -2.08. The molecule has 0 aliphatic heterocycles. The largest absolute Gasteiger partial charge is 0.480 e.